The van der Waals surface area contributed by atoms with Crippen molar-refractivity contribution in [1.82, 2.24) is 30.1 Å². The summed E-state index contributed by atoms with van der Waals surface area (Å²) in [6, 6.07) is 19.3. The van der Waals surface area contributed by atoms with Crippen LogP contribution in [0, 0.1) is 6.92 Å². The van der Waals surface area contributed by atoms with Gasteiger partial charge < -0.3 is 5.32 Å². The Labute approximate surface area is 160 Å². The van der Waals surface area contributed by atoms with Crippen molar-refractivity contribution in [3.05, 3.63) is 77.1 Å². The zero-order valence-electron chi connectivity index (χ0n) is 14.4. The minimum absolute atomic E-state index is 0.390. The summed E-state index contributed by atoms with van der Waals surface area (Å²) in [7, 11) is 0. The minimum atomic E-state index is 0.390. The summed E-state index contributed by atoms with van der Waals surface area (Å²) in [5.74, 6) is 0.390. The van der Waals surface area contributed by atoms with Crippen molar-refractivity contribution in [2.24, 2.45) is 5.10 Å². The topological polar surface area (TPSA) is 85.8 Å². The first-order valence-corrected chi connectivity index (χ1v) is 8.55. The van der Waals surface area contributed by atoms with Crippen LogP contribution in [0.2, 0.25) is 5.15 Å². The quantitative estimate of drug-likeness (QED) is 0.537. The summed E-state index contributed by atoms with van der Waals surface area (Å²) in [6.45, 7) is 1.87. The van der Waals surface area contributed by atoms with Crippen LogP contribution in [0.25, 0.3) is 5.69 Å². The van der Waals surface area contributed by atoms with Gasteiger partial charge in [0.1, 0.15) is 5.15 Å². The van der Waals surface area contributed by atoms with Crippen molar-refractivity contribution in [3.8, 4) is 5.69 Å². The summed E-state index contributed by atoms with van der Waals surface area (Å²) >= 11 is 6.51. The lowest BCUT2D eigenvalue weighted by Gasteiger charge is -2.03. The van der Waals surface area contributed by atoms with Crippen LogP contribution in [0.3, 0.4) is 0 Å². The molecule has 0 aliphatic carbocycles. The number of nitrogens with one attached hydrogen (secondary N) is 1. The third-order valence-corrected chi connectivity index (χ3v) is 4.19. The van der Waals surface area contributed by atoms with E-state index in [0.717, 1.165) is 17.1 Å². The minimum Gasteiger partial charge on any atom is -0.321 e. The number of nitrogens with zero attached hydrogens (tertiary/aromatic N) is 7. The molecule has 0 aliphatic heterocycles. The number of anilines is 2. The van der Waals surface area contributed by atoms with Crippen LogP contribution < -0.4 is 5.32 Å². The molecular weight excluding hydrogens is 364 g/mol. The average molecular weight is 379 g/mol. The molecule has 9 heteroatoms. The van der Waals surface area contributed by atoms with Gasteiger partial charge in [-0.25, -0.2) is 4.68 Å². The molecule has 0 radical (unpaired) electrons. The molecule has 8 nitrogen and oxygen atoms in total. The van der Waals surface area contributed by atoms with Crippen LogP contribution in [0.5, 0.6) is 0 Å². The van der Waals surface area contributed by atoms with Gasteiger partial charge >= 0.3 is 0 Å². The number of aromatic nitrogens is 6. The molecule has 0 saturated carbocycles. The molecule has 0 atom stereocenters. The lowest BCUT2D eigenvalue weighted by molar-refractivity contribution is 0.698. The summed E-state index contributed by atoms with van der Waals surface area (Å²) in [4.78, 5) is 1.29. The normalized spacial score (nSPS) is 11.2. The van der Waals surface area contributed by atoms with Gasteiger partial charge in [-0.1, -0.05) is 57.9 Å². The molecule has 0 aliphatic rings. The molecular formula is C18H15ClN8. The Bertz CT molecular complexity index is 1070. The fourth-order valence-electron chi connectivity index (χ4n) is 2.50. The second-order valence-electron chi connectivity index (χ2n) is 5.66. The van der Waals surface area contributed by atoms with Crippen molar-refractivity contribution in [2.75, 3.05) is 5.32 Å². The number of halogens is 1. The van der Waals surface area contributed by atoms with Gasteiger partial charge in [-0.3, -0.25) is 0 Å². The Balaban J connectivity index is 1.61. The maximum absolute atomic E-state index is 6.51. The summed E-state index contributed by atoms with van der Waals surface area (Å²) in [5, 5.41) is 23.9. The van der Waals surface area contributed by atoms with Crippen molar-refractivity contribution < 1.29 is 0 Å². The predicted molar refractivity (Wildman–Crippen MR) is 104 cm³/mol. The van der Waals surface area contributed by atoms with Gasteiger partial charge in [-0.05, 0) is 41.6 Å². The molecule has 0 saturated heterocycles. The Hall–Kier alpha value is -3.52. The van der Waals surface area contributed by atoms with Gasteiger partial charge in [-0.2, -0.15) is 10.2 Å². The molecule has 0 amide bonds. The van der Waals surface area contributed by atoms with E-state index < -0.39 is 0 Å². The van der Waals surface area contributed by atoms with Gasteiger partial charge in [0.25, 0.3) is 5.95 Å². The highest BCUT2D eigenvalue weighted by Gasteiger charge is 2.13. The van der Waals surface area contributed by atoms with Crippen molar-refractivity contribution in [1.29, 1.82) is 0 Å². The zero-order chi connectivity index (χ0) is 18.6. The summed E-state index contributed by atoms with van der Waals surface area (Å²) in [6.07, 6.45) is 1.59. The molecule has 2 aromatic carbocycles. The molecule has 27 heavy (non-hydrogen) atoms. The van der Waals surface area contributed by atoms with Gasteiger partial charge in [0.05, 0.1) is 23.2 Å². The summed E-state index contributed by atoms with van der Waals surface area (Å²) in [5.41, 5.74) is 3.17. The molecule has 2 heterocycles. The van der Waals surface area contributed by atoms with Gasteiger partial charge in [0.2, 0.25) is 0 Å². The fourth-order valence-corrected chi connectivity index (χ4v) is 2.82. The monoisotopic (exact) mass is 378 g/mol. The molecule has 0 unspecified atom stereocenters. The lowest BCUT2D eigenvalue weighted by atomic mass is 10.3. The Kier molecular flexibility index (Phi) is 4.63. The van der Waals surface area contributed by atoms with Crippen molar-refractivity contribution >= 4 is 29.5 Å². The third kappa shape index (κ3) is 3.56. The first-order valence-electron chi connectivity index (χ1n) is 8.18. The first kappa shape index (κ1) is 16.9. The molecule has 0 fully saturated rings. The number of benzene rings is 2. The zero-order valence-corrected chi connectivity index (χ0v) is 15.1. The Morgan fingerprint density at radius 2 is 1.74 bits per heavy atom. The van der Waals surface area contributed by atoms with Crippen LogP contribution in [0.1, 0.15) is 11.3 Å². The molecule has 0 spiro atoms. The Morgan fingerprint density at radius 1 is 1.04 bits per heavy atom. The number of para-hydroxylation sites is 2. The fraction of sp³-hybridized carbons (Fsp3) is 0.0556. The van der Waals surface area contributed by atoms with Crippen molar-refractivity contribution in [3.63, 3.8) is 0 Å². The maximum atomic E-state index is 6.51. The number of hydrogen-bond acceptors (Lipinski definition) is 6. The van der Waals surface area contributed by atoms with Crippen LogP contribution in [0.4, 0.5) is 11.6 Å². The SMILES string of the molecule is Cc1nn(-c2ccccc2)c(Cl)c1C=Nn1nnnc1Nc1ccccc1. The molecule has 134 valence electrons. The molecule has 0 bridgehead atoms. The van der Waals surface area contributed by atoms with Gasteiger partial charge in [0, 0.05) is 5.69 Å². The predicted octanol–water partition coefficient (Wildman–Crippen LogP) is 3.45. The van der Waals surface area contributed by atoms with E-state index in [1.54, 1.807) is 10.9 Å². The molecule has 2 aromatic heterocycles. The van der Waals surface area contributed by atoms with E-state index >= 15 is 0 Å². The number of rotatable bonds is 5. The largest absolute Gasteiger partial charge is 0.321 e. The smallest absolute Gasteiger partial charge is 0.269 e. The Morgan fingerprint density at radius 3 is 2.48 bits per heavy atom. The van der Waals surface area contributed by atoms with E-state index in [1.165, 1.54) is 4.79 Å². The van der Waals surface area contributed by atoms with Crippen LogP contribution >= 0.6 is 11.6 Å². The average Bonchev–Trinajstić information content (AvgIpc) is 3.25. The maximum Gasteiger partial charge on any atom is 0.269 e. The number of hydrogen-bond donors (Lipinski definition) is 1. The lowest BCUT2D eigenvalue weighted by Crippen LogP contribution is -2.01. The second kappa shape index (κ2) is 7.38. The molecule has 4 aromatic rings. The van der Waals surface area contributed by atoms with E-state index in [0.29, 0.717) is 16.7 Å². The highest BCUT2D eigenvalue weighted by molar-refractivity contribution is 6.32. The van der Waals surface area contributed by atoms with E-state index in [-0.39, 0.29) is 0 Å². The van der Waals surface area contributed by atoms with Crippen LogP contribution in [-0.2, 0) is 0 Å². The third-order valence-electron chi connectivity index (χ3n) is 3.83. The second-order valence-corrected chi connectivity index (χ2v) is 6.02. The molecule has 4 rings (SSSR count). The highest BCUT2D eigenvalue weighted by Crippen LogP contribution is 2.22. The van der Waals surface area contributed by atoms with Gasteiger partial charge in [-0.15, -0.1) is 0 Å². The van der Waals surface area contributed by atoms with E-state index in [9.17, 15) is 0 Å². The number of aryl methyl sites for hydroxylation is 1. The first-order chi connectivity index (χ1) is 13.2. The van der Waals surface area contributed by atoms with E-state index in [4.69, 9.17) is 11.6 Å². The highest BCUT2D eigenvalue weighted by atomic mass is 35.5. The number of tetrazole rings is 1. The summed E-state index contributed by atoms with van der Waals surface area (Å²) < 4.78 is 1.67. The van der Waals surface area contributed by atoms with Crippen LogP contribution in [-0.4, -0.2) is 36.3 Å². The van der Waals surface area contributed by atoms with E-state index in [2.05, 4.69) is 31.0 Å². The van der Waals surface area contributed by atoms with E-state index in [1.807, 2.05) is 67.6 Å². The van der Waals surface area contributed by atoms with Crippen LogP contribution in [0.15, 0.2) is 65.8 Å². The standard InChI is InChI=1S/C18H15ClN8/c1-13-16(17(19)26(23-13)15-10-6-3-7-11-15)12-20-27-18(22-24-25-27)21-14-8-4-2-5-9-14/h2-12H,1H3,(H,21,22,25). The van der Waals surface area contributed by atoms with Gasteiger partial charge in [0.15, 0.2) is 0 Å². The molecule has 1 N–H and O–H groups in total. The van der Waals surface area contributed by atoms with Crippen molar-refractivity contribution in [2.45, 2.75) is 6.92 Å².